The lowest BCUT2D eigenvalue weighted by Crippen LogP contribution is -2.47. The number of likely N-dealkylation sites (N-methyl/N-ethyl adjacent to an activating group) is 2. The second-order valence-corrected chi connectivity index (χ2v) is 6.22. The van der Waals surface area contributed by atoms with Gasteiger partial charge in [-0.3, -0.25) is 0 Å². The van der Waals surface area contributed by atoms with Crippen molar-refractivity contribution < 1.29 is 0 Å². The first-order valence-corrected chi connectivity index (χ1v) is 7.79. The van der Waals surface area contributed by atoms with Crippen LogP contribution in [-0.4, -0.2) is 55.6 Å². The summed E-state index contributed by atoms with van der Waals surface area (Å²) in [5.41, 5.74) is 7.45. The second-order valence-electron chi connectivity index (χ2n) is 6.22. The van der Waals surface area contributed by atoms with Gasteiger partial charge in [-0.15, -0.1) is 0 Å². The van der Waals surface area contributed by atoms with Crippen LogP contribution in [0.25, 0.3) is 0 Å². The van der Waals surface area contributed by atoms with Gasteiger partial charge in [0.1, 0.15) is 0 Å². The van der Waals surface area contributed by atoms with Crippen LogP contribution in [0.2, 0.25) is 0 Å². The Hall–Kier alpha value is -0.900. The molecular weight excluding hydrogens is 246 g/mol. The lowest BCUT2D eigenvalue weighted by Gasteiger charge is -2.35. The van der Waals surface area contributed by atoms with Gasteiger partial charge in [0.2, 0.25) is 0 Å². The van der Waals surface area contributed by atoms with E-state index in [0.29, 0.717) is 24.5 Å². The highest BCUT2D eigenvalue weighted by molar-refractivity contribution is 5.20. The predicted molar refractivity (Wildman–Crippen MR) is 86.0 cm³/mol. The standard InChI is InChI=1S/C17H29N3/c1-14(15-8-5-4-6-9-15)17(12-18)20(3)13-16-10-7-11-19(16)2/h4-6,8-9,14,16-17H,7,10-13,18H2,1-3H3. The fourth-order valence-electron chi connectivity index (χ4n) is 3.42. The van der Waals surface area contributed by atoms with Gasteiger partial charge < -0.3 is 15.5 Å². The van der Waals surface area contributed by atoms with Gasteiger partial charge in [-0.2, -0.15) is 0 Å². The molecule has 20 heavy (non-hydrogen) atoms. The van der Waals surface area contributed by atoms with E-state index >= 15 is 0 Å². The third-order valence-corrected chi connectivity index (χ3v) is 4.88. The molecule has 0 aromatic heterocycles. The molecule has 0 amide bonds. The highest BCUT2D eigenvalue weighted by atomic mass is 15.2. The zero-order chi connectivity index (χ0) is 14.5. The summed E-state index contributed by atoms with van der Waals surface area (Å²) in [6.45, 7) is 5.36. The summed E-state index contributed by atoms with van der Waals surface area (Å²) >= 11 is 0. The molecule has 3 nitrogen and oxygen atoms in total. The Morgan fingerprint density at radius 3 is 2.60 bits per heavy atom. The number of likely N-dealkylation sites (tertiary alicyclic amines) is 1. The average Bonchev–Trinajstić information content (AvgIpc) is 2.86. The molecule has 0 radical (unpaired) electrons. The lowest BCUT2D eigenvalue weighted by molar-refractivity contribution is 0.165. The Labute approximate surface area is 123 Å². The summed E-state index contributed by atoms with van der Waals surface area (Å²) < 4.78 is 0. The molecule has 0 saturated carbocycles. The first-order chi connectivity index (χ1) is 9.63. The van der Waals surface area contributed by atoms with E-state index < -0.39 is 0 Å². The Kier molecular flexibility index (Phi) is 5.58. The molecular formula is C17H29N3. The van der Waals surface area contributed by atoms with Crippen molar-refractivity contribution >= 4 is 0 Å². The highest BCUT2D eigenvalue weighted by Gasteiger charge is 2.27. The van der Waals surface area contributed by atoms with Crippen LogP contribution in [0.4, 0.5) is 0 Å². The third kappa shape index (κ3) is 3.60. The Morgan fingerprint density at radius 2 is 2.05 bits per heavy atom. The molecule has 3 heteroatoms. The van der Waals surface area contributed by atoms with Gasteiger partial charge in [0, 0.05) is 25.2 Å². The van der Waals surface area contributed by atoms with E-state index in [-0.39, 0.29) is 0 Å². The van der Waals surface area contributed by atoms with Crippen LogP contribution < -0.4 is 5.73 Å². The van der Waals surface area contributed by atoms with Crippen molar-refractivity contribution in [2.75, 3.05) is 33.7 Å². The maximum absolute atomic E-state index is 6.07. The van der Waals surface area contributed by atoms with Crippen molar-refractivity contribution in [1.82, 2.24) is 9.80 Å². The SMILES string of the molecule is CC(c1ccccc1)C(CN)N(C)CC1CCCN1C. The maximum atomic E-state index is 6.07. The van der Waals surface area contributed by atoms with E-state index in [1.165, 1.54) is 24.9 Å². The van der Waals surface area contributed by atoms with E-state index in [1.807, 2.05) is 0 Å². The topological polar surface area (TPSA) is 32.5 Å². The molecule has 1 aromatic rings. The van der Waals surface area contributed by atoms with Crippen LogP contribution in [0.1, 0.15) is 31.2 Å². The van der Waals surface area contributed by atoms with Crippen molar-refractivity contribution in [3.63, 3.8) is 0 Å². The summed E-state index contributed by atoms with van der Waals surface area (Å²) in [7, 11) is 4.46. The Morgan fingerprint density at radius 1 is 1.35 bits per heavy atom. The monoisotopic (exact) mass is 275 g/mol. The number of benzene rings is 1. The molecule has 1 aromatic carbocycles. The normalized spacial score (nSPS) is 23.1. The molecule has 3 unspecified atom stereocenters. The molecule has 0 spiro atoms. The zero-order valence-electron chi connectivity index (χ0n) is 13.1. The molecule has 1 saturated heterocycles. The van der Waals surface area contributed by atoms with Gasteiger partial charge in [0.25, 0.3) is 0 Å². The smallest absolute Gasteiger partial charge is 0.0281 e. The number of nitrogens with two attached hydrogens (primary N) is 1. The third-order valence-electron chi connectivity index (χ3n) is 4.88. The van der Waals surface area contributed by atoms with Crippen molar-refractivity contribution in [1.29, 1.82) is 0 Å². The summed E-state index contributed by atoms with van der Waals surface area (Å²) in [4.78, 5) is 4.95. The van der Waals surface area contributed by atoms with Crippen molar-refractivity contribution in [3.8, 4) is 0 Å². The number of nitrogens with zero attached hydrogens (tertiary/aromatic N) is 2. The molecule has 0 bridgehead atoms. The molecule has 112 valence electrons. The van der Waals surface area contributed by atoms with Gasteiger partial charge in [-0.05, 0) is 45.0 Å². The zero-order valence-corrected chi connectivity index (χ0v) is 13.1. The van der Waals surface area contributed by atoms with Crippen LogP contribution in [0.5, 0.6) is 0 Å². The van der Waals surface area contributed by atoms with Crippen molar-refractivity contribution in [3.05, 3.63) is 35.9 Å². The van der Waals surface area contributed by atoms with Gasteiger partial charge in [-0.1, -0.05) is 37.3 Å². The summed E-state index contributed by atoms with van der Waals surface area (Å²) in [5.74, 6) is 0.470. The highest BCUT2D eigenvalue weighted by Crippen LogP contribution is 2.23. The molecule has 1 fully saturated rings. The van der Waals surface area contributed by atoms with Gasteiger partial charge in [0.15, 0.2) is 0 Å². The second kappa shape index (κ2) is 7.21. The van der Waals surface area contributed by atoms with Crippen LogP contribution in [0.3, 0.4) is 0 Å². The molecule has 2 N–H and O–H groups in total. The molecule has 1 aliphatic heterocycles. The predicted octanol–water partition coefficient (Wildman–Crippen LogP) is 2.14. The number of rotatable bonds is 6. The van der Waals surface area contributed by atoms with Crippen LogP contribution in [0, 0.1) is 0 Å². The van der Waals surface area contributed by atoms with Crippen LogP contribution >= 0.6 is 0 Å². The number of hydrogen-bond acceptors (Lipinski definition) is 3. The van der Waals surface area contributed by atoms with Crippen molar-refractivity contribution in [2.24, 2.45) is 5.73 Å². The van der Waals surface area contributed by atoms with Gasteiger partial charge in [-0.25, -0.2) is 0 Å². The summed E-state index contributed by atoms with van der Waals surface area (Å²) in [6, 6.07) is 11.8. The molecule has 1 aliphatic rings. The van der Waals surface area contributed by atoms with E-state index in [0.717, 1.165) is 6.54 Å². The van der Waals surface area contributed by atoms with Gasteiger partial charge in [0.05, 0.1) is 0 Å². The van der Waals surface area contributed by atoms with E-state index in [1.54, 1.807) is 0 Å². The van der Waals surface area contributed by atoms with Crippen LogP contribution in [0.15, 0.2) is 30.3 Å². The minimum Gasteiger partial charge on any atom is -0.329 e. The van der Waals surface area contributed by atoms with Crippen molar-refractivity contribution in [2.45, 2.75) is 37.8 Å². The fraction of sp³-hybridized carbons (Fsp3) is 0.647. The van der Waals surface area contributed by atoms with E-state index in [9.17, 15) is 0 Å². The molecule has 0 aliphatic carbocycles. The Balaban J connectivity index is 1.99. The molecule has 1 heterocycles. The minimum absolute atomic E-state index is 0.409. The quantitative estimate of drug-likeness (QED) is 0.863. The Bertz CT molecular complexity index is 392. The fourth-order valence-corrected chi connectivity index (χ4v) is 3.42. The first-order valence-electron chi connectivity index (χ1n) is 7.79. The van der Waals surface area contributed by atoms with Gasteiger partial charge >= 0.3 is 0 Å². The van der Waals surface area contributed by atoms with Crippen LogP contribution in [-0.2, 0) is 0 Å². The molecule has 3 atom stereocenters. The lowest BCUT2D eigenvalue weighted by atomic mass is 9.92. The van der Waals surface area contributed by atoms with E-state index in [4.69, 9.17) is 5.73 Å². The van der Waals surface area contributed by atoms with E-state index in [2.05, 4.69) is 61.2 Å². The summed E-state index contributed by atoms with van der Waals surface area (Å²) in [6.07, 6.45) is 2.65. The maximum Gasteiger partial charge on any atom is 0.0281 e. The largest absolute Gasteiger partial charge is 0.329 e. The first kappa shape index (κ1) is 15.5. The number of hydrogen-bond donors (Lipinski definition) is 1. The molecule has 2 rings (SSSR count). The average molecular weight is 275 g/mol. The summed E-state index contributed by atoms with van der Waals surface area (Å²) in [5, 5.41) is 0. The minimum atomic E-state index is 0.409.